The predicted molar refractivity (Wildman–Crippen MR) is 133 cm³/mol. The molecule has 0 aliphatic carbocycles. The molecule has 0 saturated heterocycles. The van der Waals surface area contributed by atoms with Crippen LogP contribution in [0.1, 0.15) is 62.1 Å². The van der Waals surface area contributed by atoms with Gasteiger partial charge in [0.15, 0.2) is 0 Å². The molecule has 0 spiro atoms. The number of carbonyl (C=O) groups is 3. The smallest absolute Gasteiger partial charge is 0.416 e. The monoisotopic (exact) mass is 543 g/mol. The topological polar surface area (TPSA) is 120 Å². The minimum atomic E-state index is -4.62. The third kappa shape index (κ3) is 10.7. The van der Waals surface area contributed by atoms with Crippen LogP contribution < -0.4 is 16.4 Å². The van der Waals surface area contributed by atoms with Gasteiger partial charge in [-0.25, -0.2) is 9.59 Å². The lowest BCUT2D eigenvalue weighted by molar-refractivity contribution is -0.139. The quantitative estimate of drug-likeness (QED) is 0.331. The summed E-state index contributed by atoms with van der Waals surface area (Å²) in [4.78, 5) is 37.3. The minimum absolute atomic E-state index is 0.0239. The number of amides is 3. The number of primary amides is 1. The summed E-state index contributed by atoms with van der Waals surface area (Å²) in [7, 11) is 0. The Labute approximate surface area is 217 Å². The first-order valence-electron chi connectivity index (χ1n) is 11.7. The molecule has 0 aliphatic rings. The average Bonchev–Trinajstić information content (AvgIpc) is 3.28. The lowest BCUT2D eigenvalue weighted by Crippen LogP contribution is -2.49. The third-order valence-electron chi connectivity index (χ3n) is 5.08. The highest BCUT2D eigenvalue weighted by Gasteiger charge is 2.36. The van der Waals surface area contributed by atoms with Gasteiger partial charge in [-0.2, -0.15) is 13.2 Å². The van der Waals surface area contributed by atoms with E-state index >= 15 is 0 Å². The highest BCUT2D eigenvalue weighted by molar-refractivity contribution is 7.09. The fraction of sp³-hybridized carbons (Fsp3) is 0.480. The van der Waals surface area contributed by atoms with Crippen molar-refractivity contribution in [2.45, 2.75) is 70.3 Å². The molecule has 1 unspecified atom stereocenters. The van der Waals surface area contributed by atoms with Gasteiger partial charge in [-0.15, -0.1) is 11.3 Å². The molecular formula is C25H32F3N3O5S. The Bertz CT molecular complexity index is 1040. The van der Waals surface area contributed by atoms with Gasteiger partial charge in [0, 0.05) is 11.3 Å². The van der Waals surface area contributed by atoms with E-state index in [1.165, 1.54) is 29.5 Å². The van der Waals surface area contributed by atoms with Gasteiger partial charge < -0.3 is 25.8 Å². The molecule has 1 heterocycles. The fourth-order valence-electron chi connectivity index (χ4n) is 3.54. The van der Waals surface area contributed by atoms with E-state index < -0.39 is 47.5 Å². The van der Waals surface area contributed by atoms with Crippen LogP contribution in [0.3, 0.4) is 0 Å². The number of unbranched alkanes of at least 4 members (excludes halogenated alkanes) is 1. The molecule has 0 saturated carbocycles. The van der Waals surface area contributed by atoms with E-state index in [1.54, 1.807) is 38.3 Å². The zero-order chi connectivity index (χ0) is 27.6. The molecule has 0 bridgehead atoms. The number of alkyl halides is 3. The van der Waals surface area contributed by atoms with Crippen molar-refractivity contribution in [2.75, 3.05) is 6.61 Å². The van der Waals surface area contributed by atoms with Crippen LogP contribution in [0.25, 0.3) is 0 Å². The summed E-state index contributed by atoms with van der Waals surface area (Å²) in [6.45, 7) is 5.01. The van der Waals surface area contributed by atoms with Gasteiger partial charge in [0.05, 0.1) is 18.2 Å². The maximum atomic E-state index is 13.8. The highest BCUT2D eigenvalue weighted by atomic mass is 32.1. The van der Waals surface area contributed by atoms with E-state index in [0.717, 1.165) is 10.9 Å². The zero-order valence-electron chi connectivity index (χ0n) is 20.9. The Morgan fingerprint density at radius 1 is 1.03 bits per heavy atom. The van der Waals surface area contributed by atoms with Crippen molar-refractivity contribution in [1.82, 2.24) is 10.6 Å². The lowest BCUT2D eigenvalue weighted by atomic mass is 9.96. The molecule has 37 heavy (non-hydrogen) atoms. The van der Waals surface area contributed by atoms with Crippen LogP contribution in [-0.4, -0.2) is 36.3 Å². The van der Waals surface area contributed by atoms with Crippen LogP contribution in [0.5, 0.6) is 0 Å². The van der Waals surface area contributed by atoms with Crippen LogP contribution in [0.4, 0.5) is 22.8 Å². The molecule has 1 aromatic heterocycles. The summed E-state index contributed by atoms with van der Waals surface area (Å²) in [6, 6.07) is 6.50. The first-order chi connectivity index (χ1) is 17.3. The van der Waals surface area contributed by atoms with Crippen molar-refractivity contribution in [1.29, 1.82) is 0 Å². The Kier molecular flexibility index (Phi) is 10.8. The molecule has 2 atom stereocenters. The first kappa shape index (κ1) is 29.9. The number of nitrogens with one attached hydrogen (secondary N) is 2. The summed E-state index contributed by atoms with van der Waals surface area (Å²) >= 11 is 1.36. The molecule has 3 amide bonds. The Hall–Kier alpha value is -3.28. The lowest BCUT2D eigenvalue weighted by Gasteiger charge is -2.27. The average molecular weight is 544 g/mol. The normalized spacial score (nSPS) is 13.4. The first-order valence-corrected chi connectivity index (χ1v) is 12.5. The number of halogens is 3. The Balaban J connectivity index is 2.27. The number of benzene rings is 1. The molecule has 0 radical (unpaired) electrons. The molecule has 8 nitrogen and oxygen atoms in total. The summed E-state index contributed by atoms with van der Waals surface area (Å²) in [5, 5.41) is 7.01. The minimum Gasteiger partial charge on any atom is -0.450 e. The van der Waals surface area contributed by atoms with Gasteiger partial charge >= 0.3 is 18.4 Å². The van der Waals surface area contributed by atoms with Crippen LogP contribution in [-0.2, 0) is 26.9 Å². The fourth-order valence-corrected chi connectivity index (χ4v) is 4.29. The molecule has 204 valence electrons. The van der Waals surface area contributed by atoms with Gasteiger partial charge in [-0.1, -0.05) is 24.3 Å². The second-order valence-electron chi connectivity index (χ2n) is 9.29. The van der Waals surface area contributed by atoms with Gasteiger partial charge in [0.2, 0.25) is 5.91 Å². The SMILES string of the molecule is CC(C)(C)OC(=O)N[C@@H](CCCCOC(N)=O)C(=O)NC(Cc1cccs1)c1ccccc1C(F)(F)F. The van der Waals surface area contributed by atoms with Crippen molar-refractivity contribution in [2.24, 2.45) is 5.73 Å². The number of nitrogens with two attached hydrogens (primary N) is 1. The van der Waals surface area contributed by atoms with Crippen LogP contribution in [0, 0.1) is 0 Å². The molecule has 0 aliphatic heterocycles. The van der Waals surface area contributed by atoms with E-state index in [-0.39, 0.29) is 25.0 Å². The highest BCUT2D eigenvalue weighted by Crippen LogP contribution is 2.36. The van der Waals surface area contributed by atoms with E-state index in [4.69, 9.17) is 10.5 Å². The van der Waals surface area contributed by atoms with Gasteiger partial charge in [-0.3, -0.25) is 4.79 Å². The van der Waals surface area contributed by atoms with E-state index in [1.807, 2.05) is 0 Å². The van der Waals surface area contributed by atoms with Crippen molar-refractivity contribution < 1.29 is 37.0 Å². The van der Waals surface area contributed by atoms with Crippen LogP contribution >= 0.6 is 11.3 Å². The van der Waals surface area contributed by atoms with Gasteiger partial charge in [0.25, 0.3) is 0 Å². The van der Waals surface area contributed by atoms with Gasteiger partial charge in [0.1, 0.15) is 11.6 Å². The van der Waals surface area contributed by atoms with Crippen molar-refractivity contribution in [3.8, 4) is 0 Å². The van der Waals surface area contributed by atoms with Crippen molar-refractivity contribution >= 4 is 29.4 Å². The number of thiophene rings is 1. The number of carbonyl (C=O) groups excluding carboxylic acids is 3. The summed E-state index contributed by atoms with van der Waals surface area (Å²) in [6.07, 6.45) is -5.42. The number of alkyl carbamates (subject to hydrolysis) is 1. The van der Waals surface area contributed by atoms with Crippen molar-refractivity contribution in [3.05, 3.63) is 57.8 Å². The molecule has 12 heteroatoms. The van der Waals surface area contributed by atoms with Crippen molar-refractivity contribution in [3.63, 3.8) is 0 Å². The molecule has 1 aromatic carbocycles. The second kappa shape index (κ2) is 13.3. The number of hydrogen-bond donors (Lipinski definition) is 3. The van der Waals surface area contributed by atoms with Gasteiger partial charge in [-0.05, 0) is 63.1 Å². The standard InChI is InChI=1S/C25H32F3N3O5S/c1-24(2,3)36-23(34)31-19(12-6-7-13-35-22(29)33)21(32)30-20(15-16-9-8-14-37-16)17-10-4-5-11-18(17)25(26,27)28/h4-5,8-11,14,19-20H,6-7,12-13,15H2,1-3H3,(H2,29,33)(H,30,32)(H,31,34)/t19-,20?/m0/s1. The summed E-state index contributed by atoms with van der Waals surface area (Å²) < 4.78 is 51.3. The second-order valence-corrected chi connectivity index (χ2v) is 10.3. The zero-order valence-corrected chi connectivity index (χ0v) is 21.7. The largest absolute Gasteiger partial charge is 0.450 e. The maximum absolute atomic E-state index is 13.8. The molecule has 4 N–H and O–H groups in total. The molecule has 0 fully saturated rings. The van der Waals surface area contributed by atoms with E-state index in [9.17, 15) is 27.6 Å². The van der Waals surface area contributed by atoms with Crippen LogP contribution in [0.2, 0.25) is 0 Å². The Morgan fingerprint density at radius 2 is 1.73 bits per heavy atom. The predicted octanol–water partition coefficient (Wildman–Crippen LogP) is 5.33. The number of rotatable bonds is 11. The third-order valence-corrected chi connectivity index (χ3v) is 5.98. The number of hydrogen-bond acceptors (Lipinski definition) is 6. The van der Waals surface area contributed by atoms with E-state index in [2.05, 4.69) is 15.4 Å². The van der Waals surface area contributed by atoms with Crippen LogP contribution in [0.15, 0.2) is 41.8 Å². The van der Waals surface area contributed by atoms with E-state index in [0.29, 0.717) is 12.8 Å². The molecule has 2 aromatic rings. The molecule has 2 rings (SSSR count). The number of ether oxygens (including phenoxy) is 2. The summed E-state index contributed by atoms with van der Waals surface area (Å²) in [5.74, 6) is -0.666. The molecular weight excluding hydrogens is 511 g/mol. The summed E-state index contributed by atoms with van der Waals surface area (Å²) in [5.41, 5.74) is 3.18. The Morgan fingerprint density at radius 3 is 2.32 bits per heavy atom. The maximum Gasteiger partial charge on any atom is 0.416 e.